The number of hydrogen-bond donors (Lipinski definition) is 2. The molecule has 1 aromatic carbocycles. The van der Waals surface area contributed by atoms with Crippen LogP contribution in [0, 0.1) is 0 Å². The Kier molecular flexibility index (Phi) is 5.09. The van der Waals surface area contributed by atoms with Crippen LogP contribution in [-0.2, 0) is 6.42 Å². The minimum absolute atomic E-state index is 0.123. The van der Waals surface area contributed by atoms with Gasteiger partial charge in [0.25, 0.3) is 5.91 Å². The number of nitrogens with one attached hydrogen (secondary N) is 1. The Morgan fingerprint density at radius 3 is 2.60 bits per heavy atom. The first-order chi connectivity index (χ1) is 9.69. The monoisotopic (exact) mass is 290 g/mol. The number of aliphatic hydroxyl groups is 1. The van der Waals surface area contributed by atoms with E-state index < -0.39 is 0 Å². The maximum absolute atomic E-state index is 12.0. The van der Waals surface area contributed by atoms with Gasteiger partial charge in [-0.3, -0.25) is 4.79 Å². The summed E-state index contributed by atoms with van der Waals surface area (Å²) in [4.78, 5) is 15.9. The first-order valence-electron chi connectivity index (χ1n) is 6.26. The summed E-state index contributed by atoms with van der Waals surface area (Å²) in [5.41, 5.74) is 1.47. The van der Waals surface area contributed by atoms with Crippen LogP contribution in [-0.4, -0.2) is 28.6 Å². The fraction of sp³-hybridized carbons (Fsp3) is 0.200. The number of rotatable bonds is 5. The second-order valence-electron chi connectivity index (χ2n) is 4.41. The van der Waals surface area contributed by atoms with E-state index in [1.165, 1.54) is 6.20 Å². The summed E-state index contributed by atoms with van der Waals surface area (Å²) in [7, 11) is 0. The van der Waals surface area contributed by atoms with E-state index in [4.69, 9.17) is 11.6 Å². The number of nitrogens with zero attached hydrogens (tertiary/aromatic N) is 1. The van der Waals surface area contributed by atoms with Crippen LogP contribution in [0.3, 0.4) is 0 Å². The van der Waals surface area contributed by atoms with Crippen molar-refractivity contribution in [3.63, 3.8) is 0 Å². The van der Waals surface area contributed by atoms with Crippen molar-refractivity contribution < 1.29 is 9.90 Å². The van der Waals surface area contributed by atoms with Gasteiger partial charge in [-0.05, 0) is 24.1 Å². The van der Waals surface area contributed by atoms with Crippen molar-refractivity contribution in [3.05, 3.63) is 64.9 Å². The normalized spacial score (nSPS) is 11.9. The van der Waals surface area contributed by atoms with Gasteiger partial charge in [0.15, 0.2) is 0 Å². The van der Waals surface area contributed by atoms with Gasteiger partial charge in [0.05, 0.1) is 18.2 Å². The molecule has 2 aromatic rings. The highest BCUT2D eigenvalue weighted by Crippen LogP contribution is 2.07. The van der Waals surface area contributed by atoms with Crippen LogP contribution in [0.15, 0.2) is 48.7 Å². The average Bonchev–Trinajstić information content (AvgIpc) is 2.48. The largest absolute Gasteiger partial charge is 0.394 e. The molecule has 1 atom stereocenters. The third kappa shape index (κ3) is 4.05. The van der Waals surface area contributed by atoms with Crippen molar-refractivity contribution in [1.82, 2.24) is 10.3 Å². The summed E-state index contributed by atoms with van der Waals surface area (Å²) in [5, 5.41) is 12.5. The third-order valence-corrected chi connectivity index (χ3v) is 3.09. The lowest BCUT2D eigenvalue weighted by Crippen LogP contribution is -2.39. The Bertz CT molecular complexity index is 558. The number of aromatic nitrogens is 1. The molecular weight excluding hydrogens is 276 g/mol. The van der Waals surface area contributed by atoms with Crippen LogP contribution in [0.5, 0.6) is 0 Å². The number of hydrogen-bond acceptors (Lipinski definition) is 3. The van der Waals surface area contributed by atoms with E-state index in [2.05, 4.69) is 10.3 Å². The van der Waals surface area contributed by atoms with Crippen molar-refractivity contribution >= 4 is 17.5 Å². The van der Waals surface area contributed by atoms with Crippen LogP contribution >= 0.6 is 11.6 Å². The summed E-state index contributed by atoms with van der Waals surface area (Å²) in [6, 6.07) is 12.5. The molecule has 1 aromatic heterocycles. The van der Waals surface area contributed by atoms with Gasteiger partial charge in [0.1, 0.15) is 5.15 Å². The van der Waals surface area contributed by atoms with E-state index in [-0.39, 0.29) is 18.6 Å². The van der Waals surface area contributed by atoms with Gasteiger partial charge in [-0.1, -0.05) is 41.9 Å². The Morgan fingerprint density at radius 2 is 2.00 bits per heavy atom. The third-order valence-electron chi connectivity index (χ3n) is 2.87. The smallest absolute Gasteiger partial charge is 0.253 e. The van der Waals surface area contributed by atoms with Crippen LogP contribution in [0.25, 0.3) is 0 Å². The fourth-order valence-corrected chi connectivity index (χ4v) is 1.95. The standard InChI is InChI=1S/C15H15ClN2O2/c16-14-7-6-12(9-17-14)15(20)18-13(10-19)8-11-4-2-1-3-5-11/h1-7,9,13,19H,8,10H2,(H,18,20)/t13-/m1/s1. The number of amides is 1. The lowest BCUT2D eigenvalue weighted by atomic mass is 10.1. The second-order valence-corrected chi connectivity index (χ2v) is 4.80. The molecule has 5 heteroatoms. The number of halogens is 1. The Balaban J connectivity index is 1.99. The molecule has 0 saturated heterocycles. The van der Waals surface area contributed by atoms with Gasteiger partial charge in [0, 0.05) is 6.20 Å². The minimum atomic E-state index is -0.333. The van der Waals surface area contributed by atoms with Crippen LogP contribution < -0.4 is 5.32 Å². The molecule has 0 aliphatic heterocycles. The molecule has 0 bridgehead atoms. The summed E-state index contributed by atoms with van der Waals surface area (Å²) in [6.45, 7) is -0.123. The molecule has 2 rings (SSSR count). The number of benzene rings is 1. The first kappa shape index (κ1) is 14.5. The molecule has 0 fully saturated rings. The predicted molar refractivity (Wildman–Crippen MR) is 77.7 cm³/mol. The van der Waals surface area contributed by atoms with Gasteiger partial charge < -0.3 is 10.4 Å². The molecule has 0 unspecified atom stereocenters. The topological polar surface area (TPSA) is 62.2 Å². The molecular formula is C15H15ClN2O2. The van der Waals surface area contributed by atoms with E-state index in [1.54, 1.807) is 12.1 Å². The molecule has 104 valence electrons. The molecule has 20 heavy (non-hydrogen) atoms. The molecule has 1 heterocycles. The van der Waals surface area contributed by atoms with E-state index in [0.717, 1.165) is 5.56 Å². The highest BCUT2D eigenvalue weighted by atomic mass is 35.5. The minimum Gasteiger partial charge on any atom is -0.394 e. The summed E-state index contributed by atoms with van der Waals surface area (Å²) in [5.74, 6) is -0.274. The molecule has 4 nitrogen and oxygen atoms in total. The van der Waals surface area contributed by atoms with Crippen molar-refractivity contribution in [1.29, 1.82) is 0 Å². The van der Waals surface area contributed by atoms with Gasteiger partial charge in [-0.15, -0.1) is 0 Å². The van der Waals surface area contributed by atoms with E-state index >= 15 is 0 Å². The van der Waals surface area contributed by atoms with E-state index in [9.17, 15) is 9.90 Å². The van der Waals surface area contributed by atoms with Crippen LogP contribution in [0.1, 0.15) is 15.9 Å². The van der Waals surface area contributed by atoms with Gasteiger partial charge in [-0.2, -0.15) is 0 Å². The van der Waals surface area contributed by atoms with Crippen LogP contribution in [0.4, 0.5) is 0 Å². The van der Waals surface area contributed by atoms with Crippen LogP contribution in [0.2, 0.25) is 5.15 Å². The number of aliphatic hydroxyl groups excluding tert-OH is 1. The summed E-state index contributed by atoms with van der Waals surface area (Å²) >= 11 is 5.67. The van der Waals surface area contributed by atoms with Gasteiger partial charge in [-0.25, -0.2) is 4.98 Å². The van der Waals surface area contributed by atoms with Crippen molar-refractivity contribution in [2.24, 2.45) is 0 Å². The zero-order valence-corrected chi connectivity index (χ0v) is 11.5. The molecule has 0 aliphatic rings. The Labute approximate surface area is 122 Å². The molecule has 0 spiro atoms. The maximum atomic E-state index is 12.0. The zero-order chi connectivity index (χ0) is 14.4. The summed E-state index contributed by atoms with van der Waals surface area (Å²) in [6.07, 6.45) is 1.98. The van der Waals surface area contributed by atoms with Crippen molar-refractivity contribution in [2.45, 2.75) is 12.5 Å². The van der Waals surface area contributed by atoms with E-state index in [0.29, 0.717) is 17.1 Å². The molecule has 2 N–H and O–H groups in total. The van der Waals surface area contributed by atoms with E-state index in [1.807, 2.05) is 30.3 Å². The molecule has 0 aliphatic carbocycles. The Morgan fingerprint density at radius 1 is 1.25 bits per heavy atom. The molecule has 1 amide bonds. The van der Waals surface area contributed by atoms with Crippen molar-refractivity contribution in [3.8, 4) is 0 Å². The van der Waals surface area contributed by atoms with Gasteiger partial charge in [0.2, 0.25) is 0 Å². The zero-order valence-electron chi connectivity index (χ0n) is 10.8. The number of carbonyl (C=O) groups is 1. The quantitative estimate of drug-likeness (QED) is 0.829. The first-order valence-corrected chi connectivity index (χ1v) is 6.64. The summed E-state index contributed by atoms with van der Waals surface area (Å²) < 4.78 is 0. The fourth-order valence-electron chi connectivity index (χ4n) is 1.84. The van der Waals surface area contributed by atoms with Gasteiger partial charge >= 0.3 is 0 Å². The maximum Gasteiger partial charge on any atom is 0.253 e. The molecule has 0 radical (unpaired) electrons. The highest BCUT2D eigenvalue weighted by Gasteiger charge is 2.13. The second kappa shape index (κ2) is 7.03. The lowest BCUT2D eigenvalue weighted by Gasteiger charge is -2.16. The predicted octanol–water partition coefficient (Wildman–Crippen LogP) is 2.07. The number of pyridine rings is 1. The Hall–Kier alpha value is -1.91. The highest BCUT2D eigenvalue weighted by molar-refractivity contribution is 6.29. The SMILES string of the molecule is O=C(N[C@@H](CO)Cc1ccccc1)c1ccc(Cl)nc1. The number of carbonyl (C=O) groups excluding carboxylic acids is 1. The average molecular weight is 291 g/mol. The lowest BCUT2D eigenvalue weighted by molar-refractivity contribution is 0.0916. The molecule has 0 saturated carbocycles. The van der Waals surface area contributed by atoms with Crippen molar-refractivity contribution in [2.75, 3.05) is 6.61 Å².